The summed E-state index contributed by atoms with van der Waals surface area (Å²) in [5, 5.41) is 0. The molecule has 0 heterocycles. The van der Waals surface area contributed by atoms with Crippen molar-refractivity contribution in [3.05, 3.63) is 49.7 Å². The van der Waals surface area contributed by atoms with Crippen LogP contribution in [0.5, 0.6) is 0 Å². The van der Waals surface area contributed by atoms with E-state index in [1.165, 1.54) is 0 Å². The number of rotatable bonds is 7. The standard InChI is InChI=1S/C12H18N2.C2H6/c1-5-9-12(6-2)10-14(8-4)11-13-7-3;1-2/h5-6,8-9,11H,1-2,4,7,10H2,3H3;1-2H3/b12-9+,13-11?;. The topological polar surface area (TPSA) is 15.6 Å². The van der Waals surface area contributed by atoms with Crippen LogP contribution in [0, 0.1) is 0 Å². The van der Waals surface area contributed by atoms with Crippen LogP contribution < -0.4 is 0 Å². The van der Waals surface area contributed by atoms with E-state index in [-0.39, 0.29) is 0 Å². The van der Waals surface area contributed by atoms with Gasteiger partial charge in [0.25, 0.3) is 0 Å². The predicted octanol–water partition coefficient (Wildman–Crippen LogP) is 3.80. The van der Waals surface area contributed by atoms with E-state index in [4.69, 9.17) is 0 Å². The third-order valence-corrected chi connectivity index (χ3v) is 1.61. The first-order valence-electron chi connectivity index (χ1n) is 5.60. The summed E-state index contributed by atoms with van der Waals surface area (Å²) in [5.74, 6) is 0. The summed E-state index contributed by atoms with van der Waals surface area (Å²) in [6.07, 6.45) is 8.98. The highest BCUT2D eigenvalue weighted by Crippen LogP contribution is 1.99. The van der Waals surface area contributed by atoms with E-state index in [1.54, 1.807) is 24.7 Å². The monoisotopic (exact) mass is 220 g/mol. The van der Waals surface area contributed by atoms with Crippen LogP contribution in [0.2, 0.25) is 0 Å². The van der Waals surface area contributed by atoms with Crippen LogP contribution in [-0.2, 0) is 0 Å². The van der Waals surface area contributed by atoms with Gasteiger partial charge in [0.2, 0.25) is 0 Å². The Morgan fingerprint density at radius 1 is 1.25 bits per heavy atom. The Bertz CT molecular complexity index is 249. The van der Waals surface area contributed by atoms with Gasteiger partial charge in [-0.05, 0) is 18.7 Å². The summed E-state index contributed by atoms with van der Waals surface area (Å²) >= 11 is 0. The fraction of sp³-hybridized carbons (Fsp3) is 0.357. The molecule has 0 aromatic carbocycles. The van der Waals surface area contributed by atoms with Crippen molar-refractivity contribution in [1.82, 2.24) is 4.90 Å². The Labute approximate surface area is 100 Å². The Balaban J connectivity index is 0. The molecule has 16 heavy (non-hydrogen) atoms. The second-order valence-electron chi connectivity index (χ2n) is 2.65. The third-order valence-electron chi connectivity index (χ3n) is 1.61. The van der Waals surface area contributed by atoms with Crippen molar-refractivity contribution in [3.8, 4) is 0 Å². The second kappa shape index (κ2) is 13.4. The van der Waals surface area contributed by atoms with Gasteiger partial charge in [0.1, 0.15) is 0 Å². The summed E-state index contributed by atoms with van der Waals surface area (Å²) in [6, 6.07) is 0. The van der Waals surface area contributed by atoms with Gasteiger partial charge in [-0.15, -0.1) is 0 Å². The van der Waals surface area contributed by atoms with Gasteiger partial charge in [0, 0.05) is 13.1 Å². The highest BCUT2D eigenvalue weighted by molar-refractivity contribution is 5.57. The van der Waals surface area contributed by atoms with Crippen LogP contribution in [-0.4, -0.2) is 24.3 Å². The molecule has 90 valence electrons. The molecule has 2 heteroatoms. The van der Waals surface area contributed by atoms with Crippen LogP contribution in [0.25, 0.3) is 0 Å². The van der Waals surface area contributed by atoms with E-state index in [9.17, 15) is 0 Å². The average Bonchev–Trinajstić information content (AvgIpc) is 2.35. The van der Waals surface area contributed by atoms with Gasteiger partial charge >= 0.3 is 0 Å². The van der Waals surface area contributed by atoms with Gasteiger partial charge in [-0.3, -0.25) is 4.99 Å². The molecule has 0 atom stereocenters. The minimum absolute atomic E-state index is 0.725. The Kier molecular flexibility index (Phi) is 14.1. The Morgan fingerprint density at radius 2 is 1.88 bits per heavy atom. The lowest BCUT2D eigenvalue weighted by molar-refractivity contribution is 0.628. The zero-order valence-corrected chi connectivity index (χ0v) is 10.8. The van der Waals surface area contributed by atoms with Gasteiger partial charge in [-0.1, -0.05) is 51.8 Å². The van der Waals surface area contributed by atoms with Crippen molar-refractivity contribution in [2.24, 2.45) is 4.99 Å². The van der Waals surface area contributed by atoms with Crippen LogP contribution >= 0.6 is 0 Å². The van der Waals surface area contributed by atoms with E-state index in [1.807, 2.05) is 31.7 Å². The van der Waals surface area contributed by atoms with Crippen molar-refractivity contribution in [2.45, 2.75) is 20.8 Å². The van der Waals surface area contributed by atoms with Crippen molar-refractivity contribution in [1.29, 1.82) is 0 Å². The number of allylic oxidation sites excluding steroid dienone is 2. The summed E-state index contributed by atoms with van der Waals surface area (Å²) < 4.78 is 0. The van der Waals surface area contributed by atoms with Crippen molar-refractivity contribution >= 4 is 6.34 Å². The smallest absolute Gasteiger partial charge is 0.0892 e. The SMILES string of the molecule is C=C/C=C(\C=C)CN(C=C)C=NCC.CC. The van der Waals surface area contributed by atoms with Gasteiger partial charge in [-0.25, -0.2) is 0 Å². The highest BCUT2D eigenvalue weighted by Gasteiger charge is 1.95. The molecule has 0 amide bonds. The molecular weight excluding hydrogens is 196 g/mol. The lowest BCUT2D eigenvalue weighted by atomic mass is 10.2. The molecule has 0 bridgehead atoms. The third kappa shape index (κ3) is 9.00. The zero-order chi connectivity index (χ0) is 12.8. The maximum atomic E-state index is 4.13. The second-order valence-corrected chi connectivity index (χ2v) is 2.65. The Hall–Kier alpha value is -1.57. The fourth-order valence-corrected chi connectivity index (χ4v) is 0.887. The number of nitrogens with zero attached hydrogens (tertiary/aromatic N) is 2. The van der Waals surface area contributed by atoms with Crippen LogP contribution in [0.1, 0.15) is 20.8 Å². The molecule has 0 aliphatic carbocycles. The summed E-state index contributed by atoms with van der Waals surface area (Å²) in [7, 11) is 0. The molecule has 0 aromatic rings. The van der Waals surface area contributed by atoms with Crippen LogP contribution in [0.3, 0.4) is 0 Å². The molecule has 0 N–H and O–H groups in total. The first-order chi connectivity index (χ1) is 7.78. The molecular formula is C14H24N2. The molecule has 0 saturated carbocycles. The molecule has 0 radical (unpaired) electrons. The molecule has 0 aliphatic heterocycles. The first-order valence-corrected chi connectivity index (χ1v) is 5.60. The summed E-state index contributed by atoms with van der Waals surface area (Å²) in [4.78, 5) is 6.04. The van der Waals surface area contributed by atoms with Crippen molar-refractivity contribution < 1.29 is 0 Å². The van der Waals surface area contributed by atoms with Gasteiger partial charge in [0.15, 0.2) is 0 Å². The lowest BCUT2D eigenvalue weighted by Crippen LogP contribution is -2.17. The Morgan fingerprint density at radius 3 is 2.25 bits per heavy atom. The molecule has 0 rings (SSSR count). The predicted molar refractivity (Wildman–Crippen MR) is 75.8 cm³/mol. The number of aliphatic imine (C=N–C) groups is 1. The maximum absolute atomic E-state index is 4.13. The number of hydrogen-bond acceptors (Lipinski definition) is 1. The summed E-state index contributed by atoms with van der Waals surface area (Å²) in [6.45, 7) is 18.6. The van der Waals surface area contributed by atoms with E-state index in [0.29, 0.717) is 0 Å². The first kappa shape index (κ1) is 16.8. The highest BCUT2D eigenvalue weighted by atomic mass is 15.1. The lowest BCUT2D eigenvalue weighted by Gasteiger charge is -2.14. The molecule has 2 nitrogen and oxygen atoms in total. The molecule has 0 aromatic heterocycles. The number of hydrogen-bond donors (Lipinski definition) is 0. The fourth-order valence-electron chi connectivity index (χ4n) is 0.887. The molecule has 0 saturated heterocycles. The largest absolute Gasteiger partial charge is 0.336 e. The van der Waals surface area contributed by atoms with Crippen LogP contribution in [0.4, 0.5) is 0 Å². The van der Waals surface area contributed by atoms with Gasteiger partial charge < -0.3 is 4.90 Å². The van der Waals surface area contributed by atoms with E-state index in [0.717, 1.165) is 18.7 Å². The van der Waals surface area contributed by atoms with Crippen molar-refractivity contribution in [2.75, 3.05) is 13.1 Å². The minimum Gasteiger partial charge on any atom is -0.336 e. The molecule has 0 fully saturated rings. The van der Waals surface area contributed by atoms with E-state index < -0.39 is 0 Å². The van der Waals surface area contributed by atoms with Gasteiger partial charge in [-0.2, -0.15) is 0 Å². The maximum Gasteiger partial charge on any atom is 0.0892 e. The van der Waals surface area contributed by atoms with Crippen molar-refractivity contribution in [3.63, 3.8) is 0 Å². The van der Waals surface area contributed by atoms with Gasteiger partial charge in [0.05, 0.1) is 6.34 Å². The van der Waals surface area contributed by atoms with E-state index >= 15 is 0 Å². The summed E-state index contributed by atoms with van der Waals surface area (Å²) in [5.41, 5.74) is 1.09. The molecule has 0 unspecified atom stereocenters. The minimum atomic E-state index is 0.725. The average molecular weight is 220 g/mol. The van der Waals surface area contributed by atoms with Crippen LogP contribution in [0.15, 0.2) is 54.7 Å². The normalized spacial score (nSPS) is 10.3. The zero-order valence-electron chi connectivity index (χ0n) is 10.8. The quantitative estimate of drug-likeness (QED) is 0.362. The van der Waals surface area contributed by atoms with E-state index in [2.05, 4.69) is 24.7 Å². The molecule has 0 aliphatic rings. The molecule has 0 spiro atoms.